The first-order valence-electron chi connectivity index (χ1n) is 7.39. The molecule has 0 saturated heterocycles. The van der Waals surface area contributed by atoms with Gasteiger partial charge < -0.3 is 4.74 Å². The monoisotopic (exact) mass is 346 g/mol. The van der Waals surface area contributed by atoms with Crippen molar-refractivity contribution in [1.29, 1.82) is 0 Å². The first kappa shape index (κ1) is 16.1. The topological polar surface area (TPSA) is 9.23 Å². The molecule has 2 aromatic rings. The van der Waals surface area contributed by atoms with E-state index in [1.165, 1.54) is 16.7 Å². The van der Waals surface area contributed by atoms with Gasteiger partial charge in [-0.1, -0.05) is 73.1 Å². The largest absolute Gasteiger partial charge is 0.494 e. The molecule has 0 aliphatic heterocycles. The normalized spacial score (nSPS) is 13.0. The molecule has 0 aliphatic carbocycles. The van der Waals surface area contributed by atoms with Crippen molar-refractivity contribution in [2.24, 2.45) is 0 Å². The molecule has 0 N–H and O–H groups in total. The van der Waals surface area contributed by atoms with E-state index in [4.69, 9.17) is 4.74 Å². The van der Waals surface area contributed by atoms with E-state index in [2.05, 4.69) is 73.1 Å². The fourth-order valence-electron chi connectivity index (χ4n) is 2.48. The van der Waals surface area contributed by atoms with Crippen LogP contribution in [-0.2, 0) is 5.41 Å². The number of alkyl halides is 1. The van der Waals surface area contributed by atoms with Gasteiger partial charge in [0.05, 0.1) is 11.4 Å². The van der Waals surface area contributed by atoms with Crippen LogP contribution in [0, 0.1) is 0 Å². The molecular weight excluding hydrogens is 324 g/mol. The lowest BCUT2D eigenvalue weighted by atomic mass is 9.82. The molecule has 0 spiro atoms. The molecule has 2 heteroatoms. The van der Waals surface area contributed by atoms with Gasteiger partial charge in [-0.15, -0.1) is 0 Å². The summed E-state index contributed by atoms with van der Waals surface area (Å²) >= 11 is 3.86. The Bertz CT molecular complexity index is 581. The first-order chi connectivity index (χ1) is 9.93. The van der Waals surface area contributed by atoms with Gasteiger partial charge in [0, 0.05) is 0 Å². The highest BCUT2D eigenvalue weighted by Crippen LogP contribution is 2.37. The van der Waals surface area contributed by atoms with Gasteiger partial charge in [0.15, 0.2) is 0 Å². The third-order valence-electron chi connectivity index (χ3n) is 3.53. The molecule has 0 fully saturated rings. The molecule has 0 bridgehead atoms. The van der Waals surface area contributed by atoms with Crippen LogP contribution in [0.15, 0.2) is 48.5 Å². The quantitative estimate of drug-likeness (QED) is 0.629. The molecule has 0 radical (unpaired) electrons. The first-order valence-corrected chi connectivity index (χ1v) is 8.31. The maximum Gasteiger partial charge on any atom is 0.119 e. The SMILES string of the molecule is CCOc1ccc(C(Br)c2ccccc2C(C)(C)C)cc1. The zero-order valence-electron chi connectivity index (χ0n) is 13.2. The van der Waals surface area contributed by atoms with E-state index in [1.54, 1.807) is 0 Å². The zero-order valence-corrected chi connectivity index (χ0v) is 14.8. The molecule has 1 unspecified atom stereocenters. The summed E-state index contributed by atoms with van der Waals surface area (Å²) in [6.45, 7) is 9.46. The van der Waals surface area contributed by atoms with Crippen molar-refractivity contribution in [3.05, 3.63) is 65.2 Å². The van der Waals surface area contributed by atoms with Crippen LogP contribution in [0.25, 0.3) is 0 Å². The Labute approximate surface area is 136 Å². The number of benzene rings is 2. The predicted octanol–water partition coefficient (Wildman–Crippen LogP) is 5.87. The van der Waals surface area contributed by atoms with Gasteiger partial charge in [-0.25, -0.2) is 0 Å². The molecule has 2 rings (SSSR count). The third kappa shape index (κ3) is 3.88. The number of rotatable bonds is 4. The van der Waals surface area contributed by atoms with Crippen LogP contribution >= 0.6 is 15.9 Å². The molecule has 112 valence electrons. The summed E-state index contributed by atoms with van der Waals surface area (Å²) in [5.74, 6) is 0.921. The maximum absolute atomic E-state index is 5.51. The van der Waals surface area contributed by atoms with E-state index >= 15 is 0 Å². The second-order valence-electron chi connectivity index (χ2n) is 6.20. The third-order valence-corrected chi connectivity index (χ3v) is 4.55. The van der Waals surface area contributed by atoms with Crippen LogP contribution in [0.2, 0.25) is 0 Å². The summed E-state index contributed by atoms with van der Waals surface area (Å²) in [4.78, 5) is 0.198. The van der Waals surface area contributed by atoms with Gasteiger partial charge >= 0.3 is 0 Å². The van der Waals surface area contributed by atoms with Gasteiger partial charge in [-0.3, -0.25) is 0 Å². The molecule has 0 heterocycles. The summed E-state index contributed by atoms with van der Waals surface area (Å²) in [7, 11) is 0. The maximum atomic E-state index is 5.51. The number of hydrogen-bond acceptors (Lipinski definition) is 1. The van der Waals surface area contributed by atoms with Crippen LogP contribution < -0.4 is 4.74 Å². The van der Waals surface area contributed by atoms with Crippen molar-refractivity contribution in [2.75, 3.05) is 6.61 Å². The van der Waals surface area contributed by atoms with E-state index in [0.717, 1.165) is 5.75 Å². The molecule has 2 aromatic carbocycles. The molecule has 0 amide bonds. The Kier molecular flexibility index (Phi) is 5.10. The molecule has 1 nitrogen and oxygen atoms in total. The van der Waals surface area contributed by atoms with Crippen molar-refractivity contribution in [3.8, 4) is 5.75 Å². The van der Waals surface area contributed by atoms with Crippen molar-refractivity contribution < 1.29 is 4.74 Å². The molecule has 0 aliphatic rings. The highest BCUT2D eigenvalue weighted by Gasteiger charge is 2.22. The molecule has 21 heavy (non-hydrogen) atoms. The number of ether oxygens (including phenoxy) is 1. The second kappa shape index (κ2) is 6.65. The summed E-state index contributed by atoms with van der Waals surface area (Å²) < 4.78 is 5.51. The zero-order chi connectivity index (χ0) is 15.5. The van der Waals surface area contributed by atoms with Gasteiger partial charge in [-0.2, -0.15) is 0 Å². The molecular formula is C19H23BrO. The Morgan fingerprint density at radius 1 is 1.00 bits per heavy atom. The summed E-state index contributed by atoms with van der Waals surface area (Å²) in [6.07, 6.45) is 0. The van der Waals surface area contributed by atoms with Crippen molar-refractivity contribution in [2.45, 2.75) is 37.9 Å². The predicted molar refractivity (Wildman–Crippen MR) is 93.5 cm³/mol. The molecule has 0 aromatic heterocycles. The Morgan fingerprint density at radius 2 is 1.62 bits per heavy atom. The fraction of sp³-hybridized carbons (Fsp3) is 0.368. The van der Waals surface area contributed by atoms with E-state index in [1.807, 2.05) is 19.1 Å². The lowest BCUT2D eigenvalue weighted by molar-refractivity contribution is 0.340. The van der Waals surface area contributed by atoms with Gasteiger partial charge in [0.1, 0.15) is 5.75 Å². The minimum absolute atomic E-state index is 0.133. The van der Waals surface area contributed by atoms with E-state index in [9.17, 15) is 0 Å². The smallest absolute Gasteiger partial charge is 0.119 e. The van der Waals surface area contributed by atoms with Crippen LogP contribution in [0.3, 0.4) is 0 Å². The highest BCUT2D eigenvalue weighted by atomic mass is 79.9. The van der Waals surface area contributed by atoms with Gasteiger partial charge in [0.25, 0.3) is 0 Å². The van der Waals surface area contributed by atoms with E-state index < -0.39 is 0 Å². The summed E-state index contributed by atoms with van der Waals surface area (Å²) in [5, 5.41) is 0. The lowest BCUT2D eigenvalue weighted by Crippen LogP contribution is -2.15. The van der Waals surface area contributed by atoms with Gasteiger partial charge in [0.2, 0.25) is 0 Å². The van der Waals surface area contributed by atoms with E-state index in [0.29, 0.717) is 6.61 Å². The minimum atomic E-state index is 0.133. The van der Waals surface area contributed by atoms with E-state index in [-0.39, 0.29) is 10.2 Å². The van der Waals surface area contributed by atoms with Crippen LogP contribution in [0.5, 0.6) is 5.75 Å². The van der Waals surface area contributed by atoms with Gasteiger partial charge in [-0.05, 0) is 41.2 Å². The summed E-state index contributed by atoms with van der Waals surface area (Å²) in [6, 6.07) is 17.0. The molecule has 0 saturated carbocycles. The average molecular weight is 347 g/mol. The van der Waals surface area contributed by atoms with Crippen LogP contribution in [-0.4, -0.2) is 6.61 Å². The number of hydrogen-bond donors (Lipinski definition) is 0. The Balaban J connectivity index is 2.34. The second-order valence-corrected chi connectivity index (χ2v) is 7.12. The fourth-order valence-corrected chi connectivity index (χ4v) is 3.18. The molecule has 1 atom stereocenters. The van der Waals surface area contributed by atoms with Crippen LogP contribution in [0.1, 0.15) is 49.2 Å². The van der Waals surface area contributed by atoms with Crippen molar-refractivity contribution in [1.82, 2.24) is 0 Å². The Hall–Kier alpha value is -1.28. The number of halogens is 1. The summed E-state index contributed by atoms with van der Waals surface area (Å²) in [5.41, 5.74) is 4.08. The minimum Gasteiger partial charge on any atom is -0.494 e. The standard InChI is InChI=1S/C19H23BrO/c1-5-21-15-12-10-14(11-13-15)18(20)16-8-6-7-9-17(16)19(2,3)4/h6-13,18H,5H2,1-4H3. The van der Waals surface area contributed by atoms with Crippen LogP contribution in [0.4, 0.5) is 0 Å². The highest BCUT2D eigenvalue weighted by molar-refractivity contribution is 9.09. The van der Waals surface area contributed by atoms with Crippen molar-refractivity contribution in [3.63, 3.8) is 0 Å². The average Bonchev–Trinajstić information content (AvgIpc) is 2.47. The Morgan fingerprint density at radius 3 is 2.19 bits per heavy atom. The van der Waals surface area contributed by atoms with Crippen molar-refractivity contribution >= 4 is 15.9 Å². The lowest BCUT2D eigenvalue weighted by Gasteiger charge is -2.25.